The highest BCUT2D eigenvalue weighted by molar-refractivity contribution is 14.1. The molecular formula is C7H4IN3OS. The number of pyridine rings is 1. The molecule has 1 N–H and O–H groups in total. The first-order valence-electron chi connectivity index (χ1n) is 3.44. The van der Waals surface area contributed by atoms with Gasteiger partial charge >= 0.3 is 0 Å². The molecule has 0 atom stereocenters. The van der Waals surface area contributed by atoms with Gasteiger partial charge in [0.2, 0.25) is 5.56 Å². The molecule has 13 heavy (non-hydrogen) atoms. The van der Waals surface area contributed by atoms with Crippen LogP contribution in [0.15, 0.2) is 23.1 Å². The molecule has 0 amide bonds. The van der Waals surface area contributed by atoms with Gasteiger partial charge in [0.05, 0.1) is 0 Å². The van der Waals surface area contributed by atoms with Gasteiger partial charge in [-0.2, -0.15) is 0 Å². The van der Waals surface area contributed by atoms with Gasteiger partial charge in [-0.05, 0) is 28.7 Å². The van der Waals surface area contributed by atoms with E-state index in [1.165, 1.54) is 17.4 Å². The van der Waals surface area contributed by atoms with Crippen molar-refractivity contribution in [3.63, 3.8) is 0 Å². The summed E-state index contributed by atoms with van der Waals surface area (Å²) in [4.78, 5) is 13.4. The van der Waals surface area contributed by atoms with Crippen molar-refractivity contribution in [3.05, 3.63) is 31.7 Å². The van der Waals surface area contributed by atoms with E-state index in [0.29, 0.717) is 0 Å². The monoisotopic (exact) mass is 305 g/mol. The van der Waals surface area contributed by atoms with Crippen molar-refractivity contribution < 1.29 is 0 Å². The molecule has 66 valence electrons. The largest absolute Gasteiger partial charge is 0.328 e. The molecule has 2 aromatic rings. The van der Waals surface area contributed by atoms with Crippen LogP contribution in [0, 0.1) is 3.01 Å². The number of nitrogens with one attached hydrogen (secondary N) is 1. The van der Waals surface area contributed by atoms with Crippen molar-refractivity contribution in [2.45, 2.75) is 0 Å². The standard InChI is InChI=1S/C7H4IN3OS/c8-7-11-10-6(13-7)4-1-2-5(12)9-3-4/h1-3H,(H,9,12). The van der Waals surface area contributed by atoms with E-state index in [2.05, 4.69) is 37.8 Å². The molecule has 0 aromatic carbocycles. The molecule has 0 radical (unpaired) electrons. The Bertz CT molecular complexity index is 458. The number of hydrogen-bond donors (Lipinski definition) is 1. The van der Waals surface area contributed by atoms with Gasteiger partial charge < -0.3 is 4.98 Å². The summed E-state index contributed by atoms with van der Waals surface area (Å²) in [5.74, 6) is 0. The molecule has 4 nitrogen and oxygen atoms in total. The number of H-pyrrole nitrogens is 1. The van der Waals surface area contributed by atoms with Crippen LogP contribution < -0.4 is 5.56 Å². The minimum Gasteiger partial charge on any atom is -0.328 e. The van der Waals surface area contributed by atoms with E-state index >= 15 is 0 Å². The topological polar surface area (TPSA) is 58.6 Å². The lowest BCUT2D eigenvalue weighted by Gasteiger charge is -1.90. The van der Waals surface area contributed by atoms with Crippen molar-refractivity contribution in [1.82, 2.24) is 15.2 Å². The van der Waals surface area contributed by atoms with Gasteiger partial charge in [-0.1, -0.05) is 11.3 Å². The maximum absolute atomic E-state index is 10.8. The summed E-state index contributed by atoms with van der Waals surface area (Å²) in [6.07, 6.45) is 1.64. The van der Waals surface area contributed by atoms with Crippen molar-refractivity contribution in [3.8, 4) is 10.6 Å². The fourth-order valence-electron chi connectivity index (χ4n) is 0.866. The van der Waals surface area contributed by atoms with E-state index in [-0.39, 0.29) is 5.56 Å². The lowest BCUT2D eigenvalue weighted by atomic mass is 10.3. The maximum atomic E-state index is 10.8. The van der Waals surface area contributed by atoms with Crippen LogP contribution in [-0.2, 0) is 0 Å². The van der Waals surface area contributed by atoms with Gasteiger partial charge in [0.1, 0.15) is 5.01 Å². The summed E-state index contributed by atoms with van der Waals surface area (Å²) in [7, 11) is 0. The van der Waals surface area contributed by atoms with Crippen LogP contribution in [0.5, 0.6) is 0 Å². The number of hydrogen-bond acceptors (Lipinski definition) is 4. The molecule has 2 heterocycles. The molecular weight excluding hydrogens is 301 g/mol. The van der Waals surface area contributed by atoms with Gasteiger partial charge in [0.15, 0.2) is 3.01 Å². The number of halogens is 1. The van der Waals surface area contributed by atoms with Crippen molar-refractivity contribution in [1.29, 1.82) is 0 Å². The molecule has 0 saturated carbocycles. The first-order valence-corrected chi connectivity index (χ1v) is 5.33. The van der Waals surface area contributed by atoms with Gasteiger partial charge in [0, 0.05) is 17.8 Å². The number of aromatic nitrogens is 3. The van der Waals surface area contributed by atoms with E-state index in [4.69, 9.17) is 0 Å². The minimum absolute atomic E-state index is 0.108. The smallest absolute Gasteiger partial charge is 0.247 e. The van der Waals surface area contributed by atoms with Crippen molar-refractivity contribution >= 4 is 33.9 Å². The molecule has 6 heteroatoms. The molecule has 2 rings (SSSR count). The molecule has 0 aliphatic carbocycles. The highest BCUT2D eigenvalue weighted by Crippen LogP contribution is 2.22. The third-order valence-corrected chi connectivity index (χ3v) is 3.07. The van der Waals surface area contributed by atoms with E-state index in [9.17, 15) is 4.79 Å². The van der Waals surface area contributed by atoms with Crippen molar-refractivity contribution in [2.75, 3.05) is 0 Å². The van der Waals surface area contributed by atoms with Crippen LogP contribution in [0.4, 0.5) is 0 Å². The lowest BCUT2D eigenvalue weighted by molar-refractivity contribution is 1.07. The third kappa shape index (κ3) is 1.94. The fraction of sp³-hybridized carbons (Fsp3) is 0. The Hall–Kier alpha value is -0.760. The number of aromatic amines is 1. The van der Waals surface area contributed by atoms with E-state index in [1.54, 1.807) is 12.3 Å². The van der Waals surface area contributed by atoms with Crippen LogP contribution in [-0.4, -0.2) is 15.2 Å². The summed E-state index contributed by atoms with van der Waals surface area (Å²) in [5, 5.41) is 8.65. The average molecular weight is 305 g/mol. The Morgan fingerprint density at radius 3 is 2.77 bits per heavy atom. The first-order chi connectivity index (χ1) is 6.25. The fourth-order valence-corrected chi connectivity index (χ4v) is 2.17. The van der Waals surface area contributed by atoms with Gasteiger partial charge in [-0.3, -0.25) is 4.79 Å². The van der Waals surface area contributed by atoms with Gasteiger partial charge in [-0.25, -0.2) is 0 Å². The number of nitrogens with zero attached hydrogens (tertiary/aromatic N) is 2. The Morgan fingerprint density at radius 1 is 1.38 bits per heavy atom. The number of rotatable bonds is 1. The molecule has 0 aliphatic heterocycles. The Balaban J connectivity index is 2.47. The highest BCUT2D eigenvalue weighted by atomic mass is 127. The molecule has 0 fully saturated rings. The SMILES string of the molecule is O=c1ccc(-c2nnc(I)s2)c[nH]1. The normalized spacial score (nSPS) is 10.2. The molecule has 2 aromatic heterocycles. The summed E-state index contributed by atoms with van der Waals surface area (Å²) in [6.45, 7) is 0. The Labute approximate surface area is 91.2 Å². The Morgan fingerprint density at radius 2 is 2.23 bits per heavy atom. The molecule has 0 aliphatic rings. The van der Waals surface area contributed by atoms with E-state index < -0.39 is 0 Å². The minimum atomic E-state index is -0.108. The van der Waals surface area contributed by atoms with Crippen molar-refractivity contribution in [2.24, 2.45) is 0 Å². The second-order valence-corrected chi connectivity index (χ2v) is 5.03. The third-order valence-electron chi connectivity index (χ3n) is 1.43. The van der Waals surface area contributed by atoms with Crippen LogP contribution >= 0.6 is 33.9 Å². The van der Waals surface area contributed by atoms with E-state index in [0.717, 1.165) is 13.6 Å². The predicted octanol–water partition coefficient (Wildman–Crippen LogP) is 1.50. The summed E-state index contributed by atoms with van der Waals surface area (Å²) < 4.78 is 0.888. The Kier molecular flexibility index (Phi) is 2.40. The summed E-state index contributed by atoms with van der Waals surface area (Å²) in [6, 6.07) is 3.21. The van der Waals surface area contributed by atoms with E-state index in [1.807, 2.05) is 0 Å². The zero-order valence-corrected chi connectivity index (χ0v) is 9.29. The summed E-state index contributed by atoms with van der Waals surface area (Å²) >= 11 is 3.60. The second-order valence-electron chi connectivity index (χ2n) is 2.30. The van der Waals surface area contributed by atoms with Crippen LogP contribution in [0.25, 0.3) is 10.6 Å². The first kappa shape index (κ1) is 8.82. The van der Waals surface area contributed by atoms with Crippen LogP contribution in [0.1, 0.15) is 0 Å². The second kappa shape index (κ2) is 3.54. The maximum Gasteiger partial charge on any atom is 0.247 e. The summed E-state index contributed by atoms with van der Waals surface area (Å²) in [5.41, 5.74) is 0.781. The zero-order valence-electron chi connectivity index (χ0n) is 6.32. The molecule has 0 spiro atoms. The predicted molar refractivity (Wildman–Crippen MR) is 58.7 cm³/mol. The molecule has 0 saturated heterocycles. The van der Waals surface area contributed by atoms with Crippen LogP contribution in [0.3, 0.4) is 0 Å². The quantitative estimate of drug-likeness (QED) is 0.812. The zero-order chi connectivity index (χ0) is 9.26. The average Bonchev–Trinajstić information content (AvgIpc) is 2.53. The molecule has 0 unspecified atom stereocenters. The highest BCUT2D eigenvalue weighted by Gasteiger charge is 2.03. The lowest BCUT2D eigenvalue weighted by Crippen LogP contribution is -2.01. The van der Waals surface area contributed by atoms with Crippen LogP contribution in [0.2, 0.25) is 0 Å². The molecule has 0 bridgehead atoms. The van der Waals surface area contributed by atoms with Gasteiger partial charge in [-0.15, -0.1) is 10.2 Å². The van der Waals surface area contributed by atoms with Gasteiger partial charge in [0.25, 0.3) is 0 Å².